The lowest BCUT2D eigenvalue weighted by atomic mass is 9.86. The van der Waals surface area contributed by atoms with E-state index in [9.17, 15) is 0 Å². The molecule has 2 heteroatoms. The molecule has 9 rings (SSSR count). The van der Waals surface area contributed by atoms with Gasteiger partial charge in [0.1, 0.15) is 22.3 Å². The van der Waals surface area contributed by atoms with Gasteiger partial charge in [0.05, 0.1) is 0 Å². The minimum atomic E-state index is 0.929. The van der Waals surface area contributed by atoms with Gasteiger partial charge in [-0.25, -0.2) is 0 Å². The minimum absolute atomic E-state index is 0.929. The van der Waals surface area contributed by atoms with Crippen molar-refractivity contribution in [2.24, 2.45) is 0 Å². The summed E-state index contributed by atoms with van der Waals surface area (Å²) in [5.74, 6) is 0. The fourth-order valence-electron chi connectivity index (χ4n) is 7.91. The summed E-state index contributed by atoms with van der Waals surface area (Å²) in [6, 6.07) is 48.5. The highest BCUT2D eigenvalue weighted by Gasteiger charge is 2.16. The molecule has 0 aliphatic carbocycles. The second-order valence-corrected chi connectivity index (χ2v) is 13.6. The first-order valence-corrected chi connectivity index (χ1v) is 17.7. The Morgan fingerprint density at radius 3 is 1.16 bits per heavy atom. The molecule has 0 fully saturated rings. The maximum Gasteiger partial charge on any atom is 0.135 e. The average Bonchev–Trinajstić information content (AvgIpc) is 3.72. The summed E-state index contributed by atoms with van der Waals surface area (Å²) in [5.41, 5.74) is 19.1. The molecular weight excluding hydrogens is 609 g/mol. The Kier molecular flexibility index (Phi) is 7.21. The van der Waals surface area contributed by atoms with Crippen molar-refractivity contribution in [3.05, 3.63) is 156 Å². The number of benzene rings is 7. The van der Waals surface area contributed by atoms with Crippen LogP contribution in [0.3, 0.4) is 0 Å². The zero-order chi connectivity index (χ0) is 33.9. The van der Waals surface area contributed by atoms with Gasteiger partial charge in [-0.1, -0.05) is 111 Å². The molecule has 0 unspecified atom stereocenters. The van der Waals surface area contributed by atoms with Crippen LogP contribution in [0.15, 0.2) is 142 Å². The molecule has 0 radical (unpaired) electrons. The van der Waals surface area contributed by atoms with Gasteiger partial charge in [-0.05, 0) is 130 Å². The molecule has 0 saturated heterocycles. The molecule has 0 amide bonds. The molecule has 0 aliphatic rings. The lowest BCUT2D eigenvalue weighted by Crippen LogP contribution is -1.97. The number of rotatable bonds is 6. The highest BCUT2D eigenvalue weighted by atomic mass is 16.3. The average molecular weight is 647 g/mol. The standard InChI is InChI=1S/C48H38O2/c1-5-31-25-42(34-16-20-38(30(4)24-34)36-18-22-48-44(28-36)40-12-8-10-14-46(40)50-48)32(6-2)26-41(31)33-15-19-37(29(3)23-33)35-17-21-47-43(27-35)39-11-7-9-13-45(39)49-47/h7-28H,5-6H2,1-4H3. The van der Waals surface area contributed by atoms with Crippen LogP contribution in [0.5, 0.6) is 0 Å². The van der Waals surface area contributed by atoms with Gasteiger partial charge in [0, 0.05) is 21.5 Å². The first-order chi connectivity index (χ1) is 24.5. The van der Waals surface area contributed by atoms with Crippen molar-refractivity contribution in [2.75, 3.05) is 0 Å². The van der Waals surface area contributed by atoms with Gasteiger partial charge in [0.15, 0.2) is 0 Å². The van der Waals surface area contributed by atoms with Crippen molar-refractivity contribution in [3.8, 4) is 44.5 Å². The van der Waals surface area contributed by atoms with Crippen LogP contribution < -0.4 is 0 Å². The molecular formula is C48H38O2. The Labute approximate surface area is 292 Å². The molecule has 2 nitrogen and oxygen atoms in total. The van der Waals surface area contributed by atoms with Crippen LogP contribution in [-0.4, -0.2) is 0 Å². The Morgan fingerprint density at radius 2 is 0.740 bits per heavy atom. The zero-order valence-corrected chi connectivity index (χ0v) is 28.9. The Hall–Kier alpha value is -5.86. The van der Waals surface area contributed by atoms with Crippen molar-refractivity contribution < 1.29 is 8.83 Å². The van der Waals surface area contributed by atoms with Crippen LogP contribution in [0.25, 0.3) is 88.4 Å². The predicted octanol–water partition coefficient (Wildman–Crippen LogP) is 13.9. The Morgan fingerprint density at radius 1 is 0.360 bits per heavy atom. The van der Waals surface area contributed by atoms with E-state index < -0.39 is 0 Å². The SMILES string of the molecule is CCc1cc(-c2ccc(-c3ccc4oc5ccccc5c4c3)c(C)c2)c(CC)cc1-c1ccc(-c2ccc3oc4ccccc4c3c2)c(C)c1. The molecule has 9 aromatic rings. The number of hydrogen-bond donors (Lipinski definition) is 0. The Balaban J connectivity index is 1.07. The van der Waals surface area contributed by atoms with Crippen molar-refractivity contribution in [2.45, 2.75) is 40.5 Å². The van der Waals surface area contributed by atoms with Crippen molar-refractivity contribution in [1.29, 1.82) is 0 Å². The number of hydrogen-bond acceptors (Lipinski definition) is 2. The van der Waals surface area contributed by atoms with Gasteiger partial charge >= 0.3 is 0 Å². The first-order valence-electron chi connectivity index (χ1n) is 17.7. The second-order valence-electron chi connectivity index (χ2n) is 13.6. The van der Waals surface area contributed by atoms with Crippen LogP contribution >= 0.6 is 0 Å². The highest BCUT2D eigenvalue weighted by Crippen LogP contribution is 2.39. The van der Waals surface area contributed by atoms with E-state index in [0.29, 0.717) is 0 Å². The summed E-state index contributed by atoms with van der Waals surface area (Å²) in [6.45, 7) is 9.00. The molecule has 0 N–H and O–H groups in total. The molecule has 0 spiro atoms. The van der Waals surface area contributed by atoms with Crippen LogP contribution in [0.4, 0.5) is 0 Å². The van der Waals surface area contributed by atoms with Crippen LogP contribution in [0, 0.1) is 13.8 Å². The van der Waals surface area contributed by atoms with Crippen LogP contribution in [-0.2, 0) is 12.8 Å². The molecule has 2 aromatic heterocycles. The molecule has 50 heavy (non-hydrogen) atoms. The van der Waals surface area contributed by atoms with Gasteiger partial charge in [0.25, 0.3) is 0 Å². The van der Waals surface area contributed by atoms with Gasteiger partial charge in [-0.2, -0.15) is 0 Å². The fourth-order valence-corrected chi connectivity index (χ4v) is 7.91. The molecule has 0 atom stereocenters. The maximum absolute atomic E-state index is 6.09. The fraction of sp³-hybridized carbons (Fsp3) is 0.125. The third-order valence-corrected chi connectivity index (χ3v) is 10.5. The van der Waals surface area contributed by atoms with E-state index in [2.05, 4.69) is 137 Å². The van der Waals surface area contributed by atoms with Gasteiger partial charge in [0.2, 0.25) is 0 Å². The van der Waals surface area contributed by atoms with E-state index >= 15 is 0 Å². The lowest BCUT2D eigenvalue weighted by Gasteiger charge is -2.18. The van der Waals surface area contributed by atoms with E-state index in [0.717, 1.165) is 56.7 Å². The highest BCUT2D eigenvalue weighted by molar-refractivity contribution is 6.07. The van der Waals surface area contributed by atoms with E-state index in [1.54, 1.807) is 0 Å². The molecule has 2 heterocycles. The summed E-state index contributed by atoms with van der Waals surface area (Å²) in [5, 5.41) is 4.64. The van der Waals surface area contributed by atoms with Gasteiger partial charge in [-0.15, -0.1) is 0 Å². The number of furan rings is 2. The molecule has 242 valence electrons. The smallest absolute Gasteiger partial charge is 0.135 e. The normalized spacial score (nSPS) is 11.8. The van der Waals surface area contributed by atoms with E-state index in [4.69, 9.17) is 8.83 Å². The summed E-state index contributed by atoms with van der Waals surface area (Å²) < 4.78 is 12.2. The van der Waals surface area contributed by atoms with E-state index in [-0.39, 0.29) is 0 Å². The summed E-state index contributed by atoms with van der Waals surface area (Å²) in [7, 11) is 0. The topological polar surface area (TPSA) is 26.3 Å². The van der Waals surface area contributed by atoms with Crippen molar-refractivity contribution in [3.63, 3.8) is 0 Å². The molecule has 0 aliphatic heterocycles. The van der Waals surface area contributed by atoms with Crippen LogP contribution in [0.2, 0.25) is 0 Å². The summed E-state index contributed by atoms with van der Waals surface area (Å²) >= 11 is 0. The number of aryl methyl sites for hydroxylation is 4. The quantitative estimate of drug-likeness (QED) is 0.180. The van der Waals surface area contributed by atoms with E-state index in [1.165, 1.54) is 66.8 Å². The van der Waals surface area contributed by atoms with Gasteiger partial charge < -0.3 is 8.83 Å². The summed E-state index contributed by atoms with van der Waals surface area (Å²) in [6.07, 6.45) is 1.93. The molecule has 0 bridgehead atoms. The van der Waals surface area contributed by atoms with Crippen molar-refractivity contribution in [1.82, 2.24) is 0 Å². The molecule has 7 aromatic carbocycles. The van der Waals surface area contributed by atoms with Crippen LogP contribution in [0.1, 0.15) is 36.1 Å². The Bertz CT molecular complexity index is 2560. The first kappa shape index (κ1) is 30.2. The summed E-state index contributed by atoms with van der Waals surface area (Å²) in [4.78, 5) is 0. The van der Waals surface area contributed by atoms with Crippen molar-refractivity contribution >= 4 is 43.9 Å². The zero-order valence-electron chi connectivity index (χ0n) is 28.9. The molecule has 0 saturated carbocycles. The number of para-hydroxylation sites is 2. The maximum atomic E-state index is 6.09. The second kappa shape index (κ2) is 11.9. The van der Waals surface area contributed by atoms with Gasteiger partial charge in [-0.3, -0.25) is 0 Å². The minimum Gasteiger partial charge on any atom is -0.456 e. The largest absolute Gasteiger partial charge is 0.456 e. The predicted molar refractivity (Wildman–Crippen MR) is 211 cm³/mol. The van der Waals surface area contributed by atoms with E-state index in [1.807, 2.05) is 24.3 Å². The monoisotopic (exact) mass is 646 g/mol. The lowest BCUT2D eigenvalue weighted by molar-refractivity contribution is 0.668. The third-order valence-electron chi connectivity index (χ3n) is 10.5. The number of fused-ring (bicyclic) bond motifs is 6. The third kappa shape index (κ3) is 4.94.